The van der Waals surface area contributed by atoms with Gasteiger partial charge in [-0.05, 0) is 89.9 Å². The Hall–Kier alpha value is -2.85. The van der Waals surface area contributed by atoms with E-state index in [1.165, 1.54) is 44.9 Å². The Bertz CT molecular complexity index is 1340. The Balaban J connectivity index is 2.39. The molecule has 0 radical (unpaired) electrons. The van der Waals surface area contributed by atoms with Crippen molar-refractivity contribution in [2.24, 2.45) is 0 Å². The number of rotatable bonds is 38. The fraction of sp³-hybridized carbons (Fsp3) is 0.667. The molecule has 0 aromatic heterocycles. The van der Waals surface area contributed by atoms with Gasteiger partial charge < -0.3 is 23.6 Å². The van der Waals surface area contributed by atoms with Gasteiger partial charge in [0.25, 0.3) is 0 Å². The molecule has 0 aliphatic carbocycles. The molecule has 0 aromatic carbocycles. The molecule has 10 nitrogen and oxygen atoms in total. The highest BCUT2D eigenvalue weighted by Gasteiger charge is 2.37. The SMILES string of the molecule is CCCCC/C=C\C/C=C\C/C=C\C/C=C\CCCC(=O)OC[C@H](COP(=O)(O)OCC[N+](C)(C)C)OC(=O)CCCC1OC1C/C=C\C/C=C\C/C=C\CCCCC. The van der Waals surface area contributed by atoms with Gasteiger partial charge in [0, 0.05) is 12.8 Å². The van der Waals surface area contributed by atoms with Gasteiger partial charge in [0.2, 0.25) is 0 Å². The summed E-state index contributed by atoms with van der Waals surface area (Å²) in [5.74, 6) is -0.950. The van der Waals surface area contributed by atoms with Crippen molar-refractivity contribution in [1.82, 2.24) is 0 Å². The van der Waals surface area contributed by atoms with E-state index in [-0.39, 0.29) is 38.3 Å². The molecule has 0 saturated carbocycles. The van der Waals surface area contributed by atoms with E-state index in [0.717, 1.165) is 57.8 Å². The number of phosphoric acid groups is 1. The minimum atomic E-state index is -4.42. The van der Waals surface area contributed by atoms with Crippen LogP contribution >= 0.6 is 7.82 Å². The highest BCUT2D eigenvalue weighted by atomic mass is 31.2. The molecule has 1 fully saturated rings. The molecule has 1 heterocycles. The fourth-order valence-electron chi connectivity index (χ4n) is 5.68. The molecule has 0 amide bonds. The molecule has 0 bridgehead atoms. The van der Waals surface area contributed by atoms with Crippen LogP contribution in [0.5, 0.6) is 0 Å². The lowest BCUT2D eigenvalue weighted by atomic mass is 10.1. The van der Waals surface area contributed by atoms with Crippen LogP contribution < -0.4 is 0 Å². The largest absolute Gasteiger partial charge is 0.472 e. The van der Waals surface area contributed by atoms with Gasteiger partial charge in [-0.3, -0.25) is 18.6 Å². The predicted octanol–water partition coefficient (Wildman–Crippen LogP) is 11.8. The maximum absolute atomic E-state index is 12.8. The van der Waals surface area contributed by atoms with Gasteiger partial charge >= 0.3 is 19.8 Å². The second-order valence-corrected chi connectivity index (χ2v) is 17.6. The third-order valence-corrected chi connectivity index (χ3v) is 10.3. The molecule has 1 aliphatic heterocycles. The smallest absolute Gasteiger partial charge is 0.462 e. The molecule has 1 aliphatic rings. The lowest BCUT2D eigenvalue weighted by Gasteiger charge is -2.24. The van der Waals surface area contributed by atoms with Crippen LogP contribution in [0.1, 0.15) is 142 Å². The molecule has 336 valence electrons. The summed E-state index contributed by atoms with van der Waals surface area (Å²) in [7, 11) is 1.38. The number of quaternary nitrogens is 1. The molecule has 1 saturated heterocycles. The number of nitrogens with zero attached hydrogens (tertiary/aromatic N) is 1. The van der Waals surface area contributed by atoms with Crippen molar-refractivity contribution in [3.8, 4) is 0 Å². The number of ether oxygens (including phenoxy) is 3. The summed E-state index contributed by atoms with van der Waals surface area (Å²) in [5, 5.41) is 0. The van der Waals surface area contributed by atoms with Crippen molar-refractivity contribution in [3.05, 3.63) is 85.1 Å². The minimum Gasteiger partial charge on any atom is -0.462 e. The number of hydrogen-bond acceptors (Lipinski definition) is 8. The van der Waals surface area contributed by atoms with Gasteiger partial charge in [0.05, 0.1) is 40.0 Å². The fourth-order valence-corrected chi connectivity index (χ4v) is 6.42. The first-order chi connectivity index (χ1) is 28.5. The van der Waals surface area contributed by atoms with Crippen molar-refractivity contribution in [2.75, 3.05) is 47.5 Å². The summed E-state index contributed by atoms with van der Waals surface area (Å²) < 4.78 is 40.0. The second kappa shape index (κ2) is 35.9. The summed E-state index contributed by atoms with van der Waals surface area (Å²) >= 11 is 0. The van der Waals surface area contributed by atoms with Crippen LogP contribution in [-0.4, -0.2) is 87.1 Å². The van der Waals surface area contributed by atoms with Crippen LogP contribution in [0.3, 0.4) is 0 Å². The normalized spacial score (nSPS) is 17.8. The third kappa shape index (κ3) is 36.7. The number of carbonyl (C=O) groups is 2. The molecule has 1 N–H and O–H groups in total. The Morgan fingerprint density at radius 2 is 1.12 bits per heavy atom. The van der Waals surface area contributed by atoms with E-state index in [0.29, 0.717) is 23.9 Å². The topological polar surface area (TPSA) is 121 Å². The van der Waals surface area contributed by atoms with E-state index in [1.807, 2.05) is 27.2 Å². The van der Waals surface area contributed by atoms with Crippen LogP contribution in [0.2, 0.25) is 0 Å². The third-order valence-electron chi connectivity index (χ3n) is 9.32. The van der Waals surface area contributed by atoms with E-state index in [4.69, 9.17) is 23.3 Å². The summed E-state index contributed by atoms with van der Waals surface area (Å²) in [5.41, 5.74) is 0. The van der Waals surface area contributed by atoms with Gasteiger partial charge in [0.15, 0.2) is 6.10 Å². The predicted molar refractivity (Wildman–Crippen MR) is 242 cm³/mol. The summed E-state index contributed by atoms with van der Waals surface area (Å²) in [6.45, 7) is 4.19. The van der Waals surface area contributed by atoms with Crippen molar-refractivity contribution in [2.45, 2.75) is 161 Å². The van der Waals surface area contributed by atoms with Crippen LogP contribution in [0.4, 0.5) is 0 Å². The summed E-state index contributed by atoms with van der Waals surface area (Å²) in [4.78, 5) is 35.5. The van der Waals surface area contributed by atoms with Crippen molar-refractivity contribution >= 4 is 19.8 Å². The number of epoxide rings is 1. The molecule has 1 rings (SSSR count). The summed E-state index contributed by atoms with van der Waals surface area (Å²) in [6.07, 6.45) is 48.0. The first-order valence-electron chi connectivity index (χ1n) is 22.4. The number of esters is 2. The number of likely N-dealkylation sites (N-methyl/N-ethyl adjacent to an activating group) is 1. The van der Waals surface area contributed by atoms with Gasteiger partial charge in [-0.25, -0.2) is 4.57 Å². The van der Waals surface area contributed by atoms with Crippen LogP contribution in [0.15, 0.2) is 85.1 Å². The van der Waals surface area contributed by atoms with Gasteiger partial charge in [-0.15, -0.1) is 0 Å². The van der Waals surface area contributed by atoms with E-state index in [9.17, 15) is 19.0 Å². The van der Waals surface area contributed by atoms with Gasteiger partial charge in [-0.2, -0.15) is 0 Å². The zero-order chi connectivity index (χ0) is 43.3. The van der Waals surface area contributed by atoms with Crippen LogP contribution in [-0.2, 0) is 37.4 Å². The minimum absolute atomic E-state index is 0.00432. The van der Waals surface area contributed by atoms with E-state index in [1.54, 1.807) is 0 Å². The number of carbonyl (C=O) groups excluding carboxylic acids is 2. The molecule has 3 unspecified atom stereocenters. The number of allylic oxidation sites excluding steroid dienone is 13. The molecule has 0 aromatic rings. The Kier molecular flexibility index (Phi) is 32.9. The van der Waals surface area contributed by atoms with Crippen molar-refractivity contribution in [3.63, 3.8) is 0 Å². The van der Waals surface area contributed by atoms with Crippen molar-refractivity contribution in [1.29, 1.82) is 0 Å². The molecule has 11 heteroatoms. The quantitative estimate of drug-likeness (QED) is 0.0162. The zero-order valence-corrected chi connectivity index (χ0v) is 38.3. The lowest BCUT2D eigenvalue weighted by molar-refractivity contribution is -0.870. The van der Waals surface area contributed by atoms with Crippen LogP contribution in [0.25, 0.3) is 0 Å². The van der Waals surface area contributed by atoms with Gasteiger partial charge in [0.1, 0.15) is 19.8 Å². The van der Waals surface area contributed by atoms with E-state index in [2.05, 4.69) is 92.8 Å². The molecule has 59 heavy (non-hydrogen) atoms. The maximum Gasteiger partial charge on any atom is 0.472 e. The number of hydrogen-bond donors (Lipinski definition) is 1. The molecular formula is C48H81NO9P+. The van der Waals surface area contributed by atoms with E-state index >= 15 is 0 Å². The average molecular weight is 847 g/mol. The number of unbranched alkanes of at least 4 members (excludes halogenated alkanes) is 7. The number of phosphoric ester groups is 1. The first kappa shape index (κ1) is 54.2. The Morgan fingerprint density at radius 3 is 1.64 bits per heavy atom. The monoisotopic (exact) mass is 847 g/mol. The average Bonchev–Trinajstić information content (AvgIpc) is 3.94. The van der Waals surface area contributed by atoms with E-state index < -0.39 is 32.5 Å². The highest BCUT2D eigenvalue weighted by molar-refractivity contribution is 7.47. The maximum atomic E-state index is 12.8. The molecule has 4 atom stereocenters. The first-order valence-corrected chi connectivity index (χ1v) is 23.9. The lowest BCUT2D eigenvalue weighted by Crippen LogP contribution is -2.37. The Labute approximate surface area is 358 Å². The zero-order valence-electron chi connectivity index (χ0n) is 37.4. The van der Waals surface area contributed by atoms with Crippen molar-refractivity contribution < 1.29 is 46.8 Å². The standard InChI is InChI=1S/C48H80NO9P/c1-6-8-10-12-14-16-18-20-21-22-23-24-26-28-30-32-34-38-47(50)54-42-44(43-56-59(52,53)55-41-40-49(3,4)5)57-48(51)39-35-37-46-45(58-46)36-33-31-29-27-25-19-17-15-13-11-9-7-2/h14-17,20-21,23-25,27-28,30-31,33,44-46H,6-13,18-19,22,26,29,32,34-43H2,1-5H3/p+1/b16-14-,17-15-,21-20-,24-23-,27-25-,30-28-,33-31-/t44-,45?,46?/m1/s1. The second-order valence-electron chi connectivity index (χ2n) is 16.1. The Morgan fingerprint density at radius 1 is 0.627 bits per heavy atom. The molecular weight excluding hydrogens is 765 g/mol. The summed E-state index contributed by atoms with van der Waals surface area (Å²) in [6, 6.07) is 0. The molecule has 0 spiro atoms. The highest BCUT2D eigenvalue weighted by Crippen LogP contribution is 2.43. The van der Waals surface area contributed by atoms with Crippen LogP contribution in [0, 0.1) is 0 Å². The van der Waals surface area contributed by atoms with Gasteiger partial charge in [-0.1, -0.05) is 125 Å².